The first kappa shape index (κ1) is 18.1. The van der Waals surface area contributed by atoms with E-state index in [2.05, 4.69) is 5.32 Å². The Bertz CT molecular complexity index is 792. The van der Waals surface area contributed by atoms with E-state index in [1.54, 1.807) is 12.1 Å². The van der Waals surface area contributed by atoms with Crippen LogP contribution in [0, 0.1) is 11.3 Å². The molecule has 0 atom stereocenters. The van der Waals surface area contributed by atoms with Crippen molar-refractivity contribution in [3.8, 4) is 17.6 Å². The van der Waals surface area contributed by atoms with E-state index in [1.807, 2.05) is 36.4 Å². The van der Waals surface area contributed by atoms with Crippen molar-refractivity contribution >= 4 is 12.0 Å². The summed E-state index contributed by atoms with van der Waals surface area (Å²) in [6.45, 7) is 0.492. The van der Waals surface area contributed by atoms with Gasteiger partial charge in [-0.3, -0.25) is 4.79 Å². The fraction of sp³-hybridized carbons (Fsp3) is 0.200. The molecule has 25 heavy (non-hydrogen) atoms. The Morgan fingerprint density at radius 3 is 2.72 bits per heavy atom. The second-order valence-corrected chi connectivity index (χ2v) is 5.45. The number of benzene rings is 2. The van der Waals surface area contributed by atoms with Crippen LogP contribution in [0.15, 0.2) is 54.1 Å². The molecule has 0 aliphatic carbocycles. The number of hydrogen-bond donors (Lipinski definition) is 2. The van der Waals surface area contributed by atoms with E-state index >= 15 is 0 Å². The lowest BCUT2D eigenvalue weighted by Crippen LogP contribution is -2.25. The number of aryl methyl sites for hydroxylation is 1. The van der Waals surface area contributed by atoms with Crippen LogP contribution in [0.5, 0.6) is 11.5 Å². The molecule has 0 spiro atoms. The lowest BCUT2D eigenvalue weighted by atomic mass is 10.1. The highest BCUT2D eigenvalue weighted by Gasteiger charge is 2.09. The lowest BCUT2D eigenvalue weighted by molar-refractivity contribution is -0.117. The lowest BCUT2D eigenvalue weighted by Gasteiger charge is -2.06. The highest BCUT2D eigenvalue weighted by atomic mass is 16.5. The SMILES string of the molecule is COc1cc(/C=C(/C#N)C(=O)NCCCc2ccccc2)ccc1O. The van der Waals surface area contributed by atoms with Gasteiger partial charge in [-0.05, 0) is 42.2 Å². The average Bonchev–Trinajstić information content (AvgIpc) is 2.65. The number of phenolic OH excluding ortho intramolecular Hbond substituents is 1. The van der Waals surface area contributed by atoms with Crippen LogP contribution >= 0.6 is 0 Å². The average molecular weight is 336 g/mol. The van der Waals surface area contributed by atoms with E-state index in [9.17, 15) is 15.2 Å². The van der Waals surface area contributed by atoms with E-state index < -0.39 is 5.91 Å². The predicted octanol–water partition coefficient (Wildman–Crippen LogP) is 3.06. The molecule has 1 amide bonds. The number of amides is 1. The smallest absolute Gasteiger partial charge is 0.261 e. The molecular formula is C20H20N2O3. The molecule has 0 aliphatic heterocycles. The number of carbonyl (C=O) groups is 1. The van der Waals surface area contributed by atoms with Crippen molar-refractivity contribution < 1.29 is 14.6 Å². The molecule has 0 heterocycles. The van der Waals surface area contributed by atoms with Crippen LogP contribution in [0.25, 0.3) is 6.08 Å². The maximum absolute atomic E-state index is 12.1. The number of rotatable bonds is 7. The van der Waals surface area contributed by atoms with Crippen LogP contribution in [0.3, 0.4) is 0 Å². The van der Waals surface area contributed by atoms with Crippen molar-refractivity contribution in [1.29, 1.82) is 5.26 Å². The van der Waals surface area contributed by atoms with Crippen molar-refractivity contribution in [1.82, 2.24) is 5.32 Å². The highest BCUT2D eigenvalue weighted by Crippen LogP contribution is 2.27. The largest absolute Gasteiger partial charge is 0.504 e. The van der Waals surface area contributed by atoms with Gasteiger partial charge in [0, 0.05) is 6.54 Å². The van der Waals surface area contributed by atoms with E-state index in [0.717, 1.165) is 12.8 Å². The minimum absolute atomic E-state index is 0.00326. The predicted molar refractivity (Wildman–Crippen MR) is 96.0 cm³/mol. The zero-order chi connectivity index (χ0) is 18.1. The fourth-order valence-electron chi connectivity index (χ4n) is 2.33. The molecule has 2 N–H and O–H groups in total. The number of aromatic hydroxyl groups is 1. The number of phenols is 1. The van der Waals surface area contributed by atoms with Crippen LogP contribution in [0.4, 0.5) is 0 Å². The van der Waals surface area contributed by atoms with Crippen molar-refractivity contribution in [2.75, 3.05) is 13.7 Å². The quantitative estimate of drug-likeness (QED) is 0.462. The van der Waals surface area contributed by atoms with Gasteiger partial charge in [-0.25, -0.2) is 0 Å². The van der Waals surface area contributed by atoms with E-state index in [4.69, 9.17) is 4.74 Å². The third-order valence-electron chi connectivity index (χ3n) is 3.65. The second kappa shape index (κ2) is 9.14. The highest BCUT2D eigenvalue weighted by molar-refractivity contribution is 6.01. The molecule has 5 nitrogen and oxygen atoms in total. The monoisotopic (exact) mass is 336 g/mol. The van der Waals surface area contributed by atoms with Gasteiger partial charge in [-0.1, -0.05) is 36.4 Å². The van der Waals surface area contributed by atoms with Gasteiger partial charge in [0.05, 0.1) is 7.11 Å². The molecule has 0 saturated carbocycles. The van der Waals surface area contributed by atoms with Crippen LogP contribution in [-0.4, -0.2) is 24.7 Å². The fourth-order valence-corrected chi connectivity index (χ4v) is 2.33. The molecule has 2 aromatic carbocycles. The Morgan fingerprint density at radius 2 is 2.04 bits per heavy atom. The minimum atomic E-state index is -0.414. The van der Waals surface area contributed by atoms with Gasteiger partial charge in [0.2, 0.25) is 0 Å². The number of nitrogens with zero attached hydrogens (tertiary/aromatic N) is 1. The molecule has 2 aromatic rings. The number of nitrogens with one attached hydrogen (secondary N) is 1. The molecule has 0 saturated heterocycles. The van der Waals surface area contributed by atoms with Crippen LogP contribution in [0.1, 0.15) is 17.5 Å². The second-order valence-electron chi connectivity index (χ2n) is 5.45. The van der Waals surface area contributed by atoms with Crippen molar-refractivity contribution in [3.05, 3.63) is 65.2 Å². The zero-order valence-corrected chi connectivity index (χ0v) is 14.0. The first-order valence-corrected chi connectivity index (χ1v) is 7.95. The summed E-state index contributed by atoms with van der Waals surface area (Å²) in [6, 6.07) is 16.6. The van der Waals surface area contributed by atoms with Gasteiger partial charge >= 0.3 is 0 Å². The number of hydrogen-bond acceptors (Lipinski definition) is 4. The number of methoxy groups -OCH3 is 1. The molecular weight excluding hydrogens is 316 g/mol. The Kier molecular flexibility index (Phi) is 6.61. The first-order chi connectivity index (χ1) is 12.1. The summed E-state index contributed by atoms with van der Waals surface area (Å²) >= 11 is 0. The van der Waals surface area contributed by atoms with Crippen molar-refractivity contribution in [2.24, 2.45) is 0 Å². The number of nitriles is 1. The summed E-state index contributed by atoms with van der Waals surface area (Å²) in [4.78, 5) is 12.1. The summed E-state index contributed by atoms with van der Waals surface area (Å²) in [7, 11) is 1.44. The van der Waals surface area contributed by atoms with Crippen molar-refractivity contribution in [3.63, 3.8) is 0 Å². The van der Waals surface area contributed by atoms with Gasteiger partial charge in [0.1, 0.15) is 11.6 Å². The van der Waals surface area contributed by atoms with E-state index in [1.165, 1.54) is 24.8 Å². The molecule has 0 aliphatic rings. The molecule has 0 bridgehead atoms. The summed E-state index contributed by atoms with van der Waals surface area (Å²) in [5.74, 6) is -0.125. The third kappa shape index (κ3) is 5.40. The first-order valence-electron chi connectivity index (χ1n) is 7.95. The Hall–Kier alpha value is -3.26. The summed E-state index contributed by atoms with van der Waals surface area (Å²) < 4.78 is 5.02. The normalized spacial score (nSPS) is 10.8. The maximum atomic E-state index is 12.1. The summed E-state index contributed by atoms with van der Waals surface area (Å²) in [6.07, 6.45) is 3.12. The van der Waals surface area contributed by atoms with Crippen LogP contribution < -0.4 is 10.1 Å². The molecule has 0 fully saturated rings. The number of ether oxygens (including phenoxy) is 1. The molecule has 0 radical (unpaired) electrons. The van der Waals surface area contributed by atoms with E-state index in [-0.39, 0.29) is 17.1 Å². The summed E-state index contributed by atoms with van der Waals surface area (Å²) in [5.41, 5.74) is 1.82. The standard InChI is InChI=1S/C20H20N2O3/c1-25-19-13-16(9-10-18(19)23)12-17(14-21)20(24)22-11-5-8-15-6-3-2-4-7-15/h2-4,6-7,9-10,12-13,23H,5,8,11H2,1H3,(H,22,24)/b17-12-. The van der Waals surface area contributed by atoms with Gasteiger partial charge in [-0.2, -0.15) is 5.26 Å². The van der Waals surface area contributed by atoms with Gasteiger partial charge in [-0.15, -0.1) is 0 Å². The Labute approximate surface area is 147 Å². The third-order valence-corrected chi connectivity index (χ3v) is 3.65. The van der Waals surface area contributed by atoms with Crippen molar-refractivity contribution in [2.45, 2.75) is 12.8 Å². The van der Waals surface area contributed by atoms with Crippen LogP contribution in [-0.2, 0) is 11.2 Å². The maximum Gasteiger partial charge on any atom is 0.261 e. The molecule has 0 unspecified atom stereocenters. The molecule has 0 aromatic heterocycles. The van der Waals surface area contributed by atoms with Gasteiger partial charge in [0.15, 0.2) is 11.5 Å². The minimum Gasteiger partial charge on any atom is -0.504 e. The van der Waals surface area contributed by atoms with E-state index in [0.29, 0.717) is 12.1 Å². The molecule has 5 heteroatoms. The zero-order valence-electron chi connectivity index (χ0n) is 14.0. The topological polar surface area (TPSA) is 82.3 Å². The Balaban J connectivity index is 1.93. The molecule has 128 valence electrons. The Morgan fingerprint density at radius 1 is 1.28 bits per heavy atom. The van der Waals surface area contributed by atoms with Crippen LogP contribution in [0.2, 0.25) is 0 Å². The summed E-state index contributed by atoms with van der Waals surface area (Å²) in [5, 5.41) is 21.6. The van der Waals surface area contributed by atoms with Gasteiger partial charge in [0.25, 0.3) is 5.91 Å². The molecule has 2 rings (SSSR count). The van der Waals surface area contributed by atoms with Gasteiger partial charge < -0.3 is 15.2 Å². The number of carbonyl (C=O) groups excluding carboxylic acids is 1.